The molecule has 0 heterocycles. The van der Waals surface area contributed by atoms with E-state index in [1.54, 1.807) is 42.5 Å². The van der Waals surface area contributed by atoms with Crippen molar-refractivity contribution in [3.63, 3.8) is 0 Å². The SMILES string of the molecule is CCC1(C(=O)Nc2ccc3c(c2)C(=O)c2ccccc2C3=O)CCC1(C)C. The molecule has 2 aliphatic rings. The molecule has 0 radical (unpaired) electrons. The van der Waals surface area contributed by atoms with Crippen molar-refractivity contribution in [3.05, 3.63) is 64.7 Å². The molecule has 1 amide bonds. The molecule has 2 aliphatic carbocycles. The smallest absolute Gasteiger partial charge is 0.231 e. The predicted molar refractivity (Wildman–Crippen MR) is 104 cm³/mol. The fourth-order valence-corrected chi connectivity index (χ4v) is 4.59. The zero-order chi connectivity index (χ0) is 19.4. The van der Waals surface area contributed by atoms with Gasteiger partial charge in [0.25, 0.3) is 0 Å². The van der Waals surface area contributed by atoms with Gasteiger partial charge in [-0.25, -0.2) is 0 Å². The topological polar surface area (TPSA) is 63.2 Å². The van der Waals surface area contributed by atoms with E-state index in [0.29, 0.717) is 27.9 Å². The van der Waals surface area contributed by atoms with E-state index < -0.39 is 0 Å². The van der Waals surface area contributed by atoms with Crippen molar-refractivity contribution in [1.82, 2.24) is 0 Å². The summed E-state index contributed by atoms with van der Waals surface area (Å²) in [4.78, 5) is 38.6. The van der Waals surface area contributed by atoms with Crippen LogP contribution in [-0.2, 0) is 4.79 Å². The quantitative estimate of drug-likeness (QED) is 0.740. The minimum absolute atomic E-state index is 0.00353. The highest BCUT2D eigenvalue weighted by Gasteiger charge is 2.56. The van der Waals surface area contributed by atoms with Gasteiger partial charge in [0.05, 0.1) is 5.41 Å². The Hall–Kier alpha value is -2.75. The van der Waals surface area contributed by atoms with Crippen LogP contribution in [0.4, 0.5) is 5.69 Å². The minimum Gasteiger partial charge on any atom is -0.326 e. The van der Waals surface area contributed by atoms with Gasteiger partial charge in [0, 0.05) is 27.9 Å². The summed E-state index contributed by atoms with van der Waals surface area (Å²) in [5, 5.41) is 3.00. The lowest BCUT2D eigenvalue weighted by Gasteiger charge is -2.54. The van der Waals surface area contributed by atoms with Crippen LogP contribution < -0.4 is 5.32 Å². The lowest BCUT2D eigenvalue weighted by atomic mass is 9.49. The standard InChI is InChI=1S/C23H23NO3/c1-4-23(12-11-22(23,2)3)21(27)24-14-9-10-17-18(13-14)20(26)16-8-6-5-7-15(16)19(17)25/h5-10,13H,4,11-12H2,1-3H3,(H,24,27). The summed E-state index contributed by atoms with van der Waals surface area (Å²) < 4.78 is 0. The first-order valence-electron chi connectivity index (χ1n) is 9.45. The first-order chi connectivity index (χ1) is 12.8. The van der Waals surface area contributed by atoms with Crippen molar-refractivity contribution in [3.8, 4) is 0 Å². The van der Waals surface area contributed by atoms with Crippen LogP contribution >= 0.6 is 0 Å². The molecule has 0 bridgehead atoms. The number of fused-ring (bicyclic) bond motifs is 2. The van der Waals surface area contributed by atoms with Crippen molar-refractivity contribution in [2.45, 2.75) is 40.0 Å². The van der Waals surface area contributed by atoms with Crippen LogP contribution in [0.2, 0.25) is 0 Å². The molecule has 4 rings (SSSR count). The minimum atomic E-state index is -0.380. The first kappa shape index (κ1) is 17.7. The van der Waals surface area contributed by atoms with Crippen LogP contribution in [0.25, 0.3) is 0 Å². The molecule has 1 N–H and O–H groups in total. The fourth-order valence-electron chi connectivity index (χ4n) is 4.59. The van der Waals surface area contributed by atoms with Gasteiger partial charge < -0.3 is 5.32 Å². The molecular weight excluding hydrogens is 338 g/mol. The number of carbonyl (C=O) groups excluding carboxylic acids is 3. The van der Waals surface area contributed by atoms with Gasteiger partial charge in [-0.05, 0) is 42.9 Å². The van der Waals surface area contributed by atoms with Gasteiger partial charge in [-0.15, -0.1) is 0 Å². The Morgan fingerprint density at radius 3 is 2.04 bits per heavy atom. The molecule has 2 aromatic rings. The maximum atomic E-state index is 13.0. The summed E-state index contributed by atoms with van der Waals surface area (Å²) in [6, 6.07) is 11.9. The van der Waals surface area contributed by atoms with E-state index in [0.717, 1.165) is 19.3 Å². The fraction of sp³-hybridized carbons (Fsp3) is 0.348. The molecule has 27 heavy (non-hydrogen) atoms. The molecular formula is C23H23NO3. The van der Waals surface area contributed by atoms with Crippen LogP contribution in [0.15, 0.2) is 42.5 Å². The van der Waals surface area contributed by atoms with Crippen LogP contribution in [-0.4, -0.2) is 17.5 Å². The molecule has 1 saturated carbocycles. The third kappa shape index (κ3) is 2.39. The van der Waals surface area contributed by atoms with Crippen LogP contribution in [0.1, 0.15) is 71.9 Å². The number of hydrogen-bond donors (Lipinski definition) is 1. The summed E-state index contributed by atoms with van der Waals surface area (Å²) >= 11 is 0. The van der Waals surface area contributed by atoms with E-state index in [1.807, 2.05) is 6.92 Å². The predicted octanol–water partition coefficient (Wildman–Crippen LogP) is 4.62. The highest BCUT2D eigenvalue weighted by Crippen LogP contribution is 2.58. The van der Waals surface area contributed by atoms with Crippen molar-refractivity contribution < 1.29 is 14.4 Å². The molecule has 0 aliphatic heterocycles. The van der Waals surface area contributed by atoms with Crippen LogP contribution in [0, 0.1) is 10.8 Å². The highest BCUT2D eigenvalue weighted by molar-refractivity contribution is 6.28. The van der Waals surface area contributed by atoms with Gasteiger partial charge in [-0.1, -0.05) is 45.0 Å². The third-order valence-electron chi connectivity index (χ3n) is 6.69. The normalized spacial score (nSPS) is 22.5. The van der Waals surface area contributed by atoms with Gasteiger partial charge in [-0.3, -0.25) is 14.4 Å². The molecule has 138 valence electrons. The number of ketones is 2. The molecule has 1 fully saturated rings. The molecule has 4 heteroatoms. The molecule has 1 atom stereocenters. The molecule has 0 aromatic heterocycles. The summed E-state index contributed by atoms with van der Waals surface area (Å²) in [5.74, 6) is -0.329. The second-order valence-corrected chi connectivity index (χ2v) is 8.24. The van der Waals surface area contributed by atoms with E-state index in [9.17, 15) is 14.4 Å². The summed E-state index contributed by atoms with van der Waals surface area (Å²) in [6.07, 6.45) is 2.68. The molecule has 1 unspecified atom stereocenters. The third-order valence-corrected chi connectivity index (χ3v) is 6.69. The molecule has 2 aromatic carbocycles. The summed E-state index contributed by atoms with van der Waals surface area (Å²) in [6.45, 7) is 6.31. The Morgan fingerprint density at radius 1 is 0.926 bits per heavy atom. The van der Waals surface area contributed by atoms with Gasteiger partial charge in [0.2, 0.25) is 5.91 Å². The lowest BCUT2D eigenvalue weighted by Crippen LogP contribution is -2.54. The second kappa shape index (κ2) is 5.88. The Morgan fingerprint density at radius 2 is 1.52 bits per heavy atom. The Balaban J connectivity index is 1.67. The average Bonchev–Trinajstić information content (AvgIpc) is 2.66. The average molecular weight is 361 g/mol. The highest BCUT2D eigenvalue weighted by atomic mass is 16.2. The van der Waals surface area contributed by atoms with E-state index >= 15 is 0 Å². The summed E-state index contributed by atoms with van der Waals surface area (Å²) in [7, 11) is 0. The number of carbonyl (C=O) groups is 3. The number of amides is 1. The number of nitrogens with one attached hydrogen (secondary N) is 1. The maximum Gasteiger partial charge on any atom is 0.231 e. The summed E-state index contributed by atoms with van der Waals surface area (Å²) in [5.41, 5.74) is 1.76. The maximum absolute atomic E-state index is 13.0. The second-order valence-electron chi connectivity index (χ2n) is 8.24. The Labute approximate surface area is 159 Å². The van der Waals surface area contributed by atoms with Gasteiger partial charge >= 0.3 is 0 Å². The zero-order valence-electron chi connectivity index (χ0n) is 15.9. The monoisotopic (exact) mass is 361 g/mol. The van der Waals surface area contributed by atoms with Crippen LogP contribution in [0.5, 0.6) is 0 Å². The van der Waals surface area contributed by atoms with E-state index in [4.69, 9.17) is 0 Å². The van der Waals surface area contributed by atoms with E-state index in [1.165, 1.54) is 0 Å². The van der Waals surface area contributed by atoms with Crippen LogP contribution in [0.3, 0.4) is 0 Å². The first-order valence-corrected chi connectivity index (χ1v) is 9.45. The Kier molecular flexibility index (Phi) is 3.84. The number of rotatable bonds is 3. The van der Waals surface area contributed by atoms with Gasteiger partial charge in [-0.2, -0.15) is 0 Å². The van der Waals surface area contributed by atoms with E-state index in [-0.39, 0.29) is 28.3 Å². The van der Waals surface area contributed by atoms with Crippen molar-refractivity contribution in [1.29, 1.82) is 0 Å². The van der Waals surface area contributed by atoms with Crippen molar-refractivity contribution >= 4 is 23.2 Å². The number of hydrogen-bond acceptors (Lipinski definition) is 3. The molecule has 0 spiro atoms. The molecule has 0 saturated heterocycles. The Bertz CT molecular complexity index is 985. The number of benzene rings is 2. The van der Waals surface area contributed by atoms with Gasteiger partial charge in [0.1, 0.15) is 0 Å². The number of anilines is 1. The van der Waals surface area contributed by atoms with Crippen molar-refractivity contribution in [2.24, 2.45) is 10.8 Å². The van der Waals surface area contributed by atoms with E-state index in [2.05, 4.69) is 19.2 Å². The largest absolute Gasteiger partial charge is 0.326 e. The van der Waals surface area contributed by atoms with Crippen molar-refractivity contribution in [2.75, 3.05) is 5.32 Å². The molecule has 4 nitrogen and oxygen atoms in total. The lowest BCUT2D eigenvalue weighted by molar-refractivity contribution is -0.146. The zero-order valence-corrected chi connectivity index (χ0v) is 15.9. The van der Waals surface area contributed by atoms with Gasteiger partial charge in [0.15, 0.2) is 11.6 Å².